The number of aliphatic hydroxyl groups is 2. The third-order valence-corrected chi connectivity index (χ3v) is 10.5. The van der Waals surface area contributed by atoms with Gasteiger partial charge in [0.15, 0.2) is 11.6 Å². The van der Waals surface area contributed by atoms with Crippen molar-refractivity contribution in [1.82, 2.24) is 58.3 Å². The molecule has 0 saturated carbocycles. The smallest absolute Gasteiger partial charge is 0.392 e. The van der Waals surface area contributed by atoms with Crippen LogP contribution < -0.4 is 0 Å². The van der Waals surface area contributed by atoms with Gasteiger partial charge in [-0.25, -0.2) is 24.5 Å². The van der Waals surface area contributed by atoms with Crippen LogP contribution in [0.2, 0.25) is 0 Å². The molecule has 20 heteroatoms. The number of imidazole rings is 2. The number of aliphatic hydroxyl groups excluding tert-OH is 2. The zero-order valence-corrected chi connectivity index (χ0v) is 34.6. The largest absolute Gasteiger partial charge is 0.417 e. The van der Waals surface area contributed by atoms with Crippen LogP contribution in [-0.4, -0.2) is 68.5 Å². The maximum absolute atomic E-state index is 13.6. The van der Waals surface area contributed by atoms with Crippen LogP contribution >= 0.6 is 0 Å². The Balaban J connectivity index is 0.000000166. The van der Waals surface area contributed by atoms with Gasteiger partial charge >= 0.3 is 12.4 Å². The number of halogens is 6. The highest BCUT2D eigenvalue weighted by Crippen LogP contribution is 2.38. The minimum atomic E-state index is -4.52. The zero-order valence-electron chi connectivity index (χ0n) is 34.6. The van der Waals surface area contributed by atoms with Crippen molar-refractivity contribution in [3.63, 3.8) is 0 Å². The van der Waals surface area contributed by atoms with E-state index in [1.165, 1.54) is 63.9 Å². The third-order valence-electron chi connectivity index (χ3n) is 10.5. The third kappa shape index (κ3) is 8.49. The summed E-state index contributed by atoms with van der Waals surface area (Å²) >= 11 is 0. The second-order valence-electron chi connectivity index (χ2n) is 14.9. The van der Waals surface area contributed by atoms with E-state index in [-0.39, 0.29) is 53.1 Å². The number of benzene rings is 4. The molecule has 2 N–H and O–H groups in total. The van der Waals surface area contributed by atoms with E-state index in [0.717, 1.165) is 34.9 Å². The fourth-order valence-corrected chi connectivity index (χ4v) is 7.39. The molecule has 0 bridgehead atoms. The predicted octanol–water partition coefficient (Wildman–Crippen LogP) is 8.93. The van der Waals surface area contributed by atoms with Crippen LogP contribution in [0.15, 0.2) is 135 Å². The molecule has 0 aliphatic rings. The lowest BCUT2D eigenvalue weighted by atomic mass is 10.0. The molecule has 0 saturated heterocycles. The Morgan fingerprint density at radius 3 is 1.64 bits per heavy atom. The van der Waals surface area contributed by atoms with E-state index in [1.807, 2.05) is 36.9 Å². The van der Waals surface area contributed by atoms with Gasteiger partial charge < -0.3 is 19.3 Å². The van der Waals surface area contributed by atoms with Crippen LogP contribution in [0, 0.1) is 13.8 Å². The number of aromatic nitrogens is 12. The van der Waals surface area contributed by atoms with Crippen molar-refractivity contribution >= 4 is 11.6 Å². The van der Waals surface area contributed by atoms with Crippen LogP contribution in [0.4, 0.5) is 26.3 Å². The highest BCUT2D eigenvalue weighted by molar-refractivity contribution is 5.69. The van der Waals surface area contributed by atoms with Gasteiger partial charge in [0.25, 0.3) is 11.6 Å². The maximum Gasteiger partial charge on any atom is 0.417 e. The molecule has 0 aliphatic carbocycles. The molecule has 6 heterocycles. The van der Waals surface area contributed by atoms with E-state index in [9.17, 15) is 36.6 Å². The molecule has 0 amide bonds. The van der Waals surface area contributed by atoms with Crippen LogP contribution in [0.3, 0.4) is 0 Å². The van der Waals surface area contributed by atoms with E-state index in [0.29, 0.717) is 28.1 Å². The summed E-state index contributed by atoms with van der Waals surface area (Å²) in [6.45, 7) is 3.31. The Kier molecular flexibility index (Phi) is 11.2. The molecular weight excluding hydrogens is 867 g/mol. The van der Waals surface area contributed by atoms with E-state index in [2.05, 4.69) is 40.1 Å². The quantitative estimate of drug-likeness (QED) is 0.141. The Labute approximate surface area is 369 Å². The van der Waals surface area contributed by atoms with Gasteiger partial charge in [-0.1, -0.05) is 36.4 Å². The van der Waals surface area contributed by atoms with Gasteiger partial charge in [-0.3, -0.25) is 0 Å². The molecule has 10 aromatic rings. The molecule has 10 rings (SSSR count). The van der Waals surface area contributed by atoms with Crippen molar-refractivity contribution in [3.05, 3.63) is 168 Å². The van der Waals surface area contributed by atoms with Gasteiger partial charge in [0.05, 0.1) is 71.1 Å². The molecule has 6 aromatic heterocycles. The summed E-state index contributed by atoms with van der Waals surface area (Å²) in [5, 5.41) is 28.6. The van der Waals surface area contributed by atoms with Crippen LogP contribution in [0.5, 0.6) is 0 Å². The average molecular weight is 901 g/mol. The molecule has 0 spiro atoms. The Bertz CT molecular complexity index is 3390. The van der Waals surface area contributed by atoms with Crippen LogP contribution in [0.1, 0.15) is 33.6 Å². The zero-order chi connectivity index (χ0) is 46.3. The summed E-state index contributed by atoms with van der Waals surface area (Å²) in [5.41, 5.74) is 4.51. The maximum atomic E-state index is 13.6. The summed E-state index contributed by atoms with van der Waals surface area (Å²) in [6, 6.07) is 24.2. The molecule has 4 aromatic carbocycles. The molecule has 0 atom stereocenters. The number of nitrogens with zero attached hydrogens (tertiary/aromatic N) is 12. The van der Waals surface area contributed by atoms with Gasteiger partial charge in [0.1, 0.15) is 0 Å². The van der Waals surface area contributed by atoms with E-state index >= 15 is 0 Å². The van der Waals surface area contributed by atoms with Crippen molar-refractivity contribution < 1.29 is 36.6 Å². The number of alkyl halides is 6. The van der Waals surface area contributed by atoms with Crippen molar-refractivity contribution in [2.24, 2.45) is 0 Å². The SMILES string of the molecule is Cc1cn(-c2ccc(-c3nc4nc(-c5ccccc5C(F)(F)F)ccn4n3)cc2CO)cn1.Cc1cn(-c2ccc(-c3nc4nccc(-c5ccccc5C(F)(F)F)n4n3)cc2CO)cn1. The number of aryl methyl sites for hydroxylation is 2. The minimum Gasteiger partial charge on any atom is -0.392 e. The number of fused-ring (bicyclic) bond motifs is 2. The molecule has 66 heavy (non-hydrogen) atoms. The fraction of sp³-hybridized carbons (Fsp3) is 0.130. The van der Waals surface area contributed by atoms with Gasteiger partial charge in [0.2, 0.25) is 0 Å². The highest BCUT2D eigenvalue weighted by Gasteiger charge is 2.35. The Morgan fingerprint density at radius 2 is 1.09 bits per heavy atom. The van der Waals surface area contributed by atoms with Crippen LogP contribution in [0.25, 0.3) is 68.2 Å². The fourth-order valence-electron chi connectivity index (χ4n) is 7.39. The number of hydrogen-bond acceptors (Lipinski definition) is 10. The Hall–Kier alpha value is -8.10. The van der Waals surface area contributed by atoms with Gasteiger partial charge in [-0.15, -0.1) is 10.2 Å². The van der Waals surface area contributed by atoms with Gasteiger partial charge in [-0.05, 0) is 74.5 Å². The summed E-state index contributed by atoms with van der Waals surface area (Å²) in [6.07, 6.45) is 0.911. The molecule has 332 valence electrons. The van der Waals surface area contributed by atoms with E-state index < -0.39 is 23.5 Å². The van der Waals surface area contributed by atoms with Crippen molar-refractivity contribution in [2.45, 2.75) is 39.4 Å². The molecule has 0 unspecified atom stereocenters. The van der Waals surface area contributed by atoms with E-state index in [1.54, 1.807) is 53.6 Å². The first-order valence-electron chi connectivity index (χ1n) is 20.0. The topological polar surface area (TPSA) is 162 Å². The van der Waals surface area contributed by atoms with Gasteiger partial charge in [-0.2, -0.15) is 40.8 Å². The first-order chi connectivity index (χ1) is 31.7. The number of hydrogen-bond donors (Lipinski definition) is 2. The molecular formula is C46H34F6N12O2. The lowest BCUT2D eigenvalue weighted by molar-refractivity contribution is -0.137. The predicted molar refractivity (Wildman–Crippen MR) is 229 cm³/mol. The molecule has 0 fully saturated rings. The standard InChI is InChI=1S/2C23H17F3N6O/c1-14-11-31(13-27-14)20-7-6-15(10-16(20)12-33)21-29-22-28-19(8-9-32(22)30-21)17-4-2-3-5-18(17)23(24,25)26;1-14-11-31(13-28-14)19-7-6-15(10-16(19)12-33)21-29-22-27-9-8-20(32(22)30-21)17-4-2-3-5-18(17)23(24,25)26/h2*2-11,13,33H,12H2,1H3. The normalized spacial score (nSPS) is 11.9. The summed E-state index contributed by atoms with van der Waals surface area (Å²) in [7, 11) is 0. The average Bonchev–Trinajstić information content (AvgIpc) is 4.15. The lowest BCUT2D eigenvalue weighted by Gasteiger charge is -2.13. The monoisotopic (exact) mass is 900 g/mol. The summed E-state index contributed by atoms with van der Waals surface area (Å²) in [5.74, 6) is 0.952. The highest BCUT2D eigenvalue weighted by atomic mass is 19.4. The number of rotatable bonds is 8. The first-order valence-corrected chi connectivity index (χ1v) is 20.0. The van der Waals surface area contributed by atoms with E-state index in [4.69, 9.17) is 0 Å². The van der Waals surface area contributed by atoms with Crippen molar-refractivity contribution in [1.29, 1.82) is 0 Å². The van der Waals surface area contributed by atoms with Crippen LogP contribution in [-0.2, 0) is 25.6 Å². The van der Waals surface area contributed by atoms with Crippen molar-refractivity contribution in [2.75, 3.05) is 0 Å². The second-order valence-corrected chi connectivity index (χ2v) is 14.9. The molecule has 0 aliphatic heterocycles. The Morgan fingerprint density at radius 1 is 0.561 bits per heavy atom. The summed E-state index contributed by atoms with van der Waals surface area (Å²) < 4.78 is 87.3. The molecule has 0 radical (unpaired) electrons. The second kappa shape index (κ2) is 17.1. The summed E-state index contributed by atoms with van der Waals surface area (Å²) in [4.78, 5) is 25.7. The lowest BCUT2D eigenvalue weighted by Crippen LogP contribution is -2.08. The van der Waals surface area contributed by atoms with Gasteiger partial charge in [0, 0.05) is 58.2 Å². The minimum absolute atomic E-state index is 0.0178. The first kappa shape index (κ1) is 43.2. The van der Waals surface area contributed by atoms with Crippen molar-refractivity contribution in [3.8, 4) is 56.7 Å². The molecule has 14 nitrogen and oxygen atoms in total.